The molecule has 204 valence electrons. The second-order valence-corrected chi connectivity index (χ2v) is 9.13. The molecule has 7 nitrogen and oxygen atoms in total. The van der Waals surface area contributed by atoms with E-state index >= 15 is 0 Å². The number of nitrogens with zero attached hydrogens (tertiary/aromatic N) is 1. The van der Waals surface area contributed by atoms with E-state index in [2.05, 4.69) is 15.4 Å². The number of anilines is 1. The molecular formula is C29H28F3N3O4. The smallest absolute Gasteiger partial charge is 0.387 e. The van der Waals surface area contributed by atoms with Crippen LogP contribution in [0, 0.1) is 5.82 Å². The number of piperidine rings is 1. The van der Waals surface area contributed by atoms with Crippen LogP contribution in [0.15, 0.2) is 72.8 Å². The van der Waals surface area contributed by atoms with E-state index in [-0.39, 0.29) is 42.0 Å². The first-order chi connectivity index (χ1) is 18.8. The zero-order chi connectivity index (χ0) is 27.8. The maximum Gasteiger partial charge on any atom is 0.387 e. The lowest BCUT2D eigenvalue weighted by Gasteiger charge is -2.32. The van der Waals surface area contributed by atoms with Crippen LogP contribution in [-0.4, -0.2) is 48.9 Å². The van der Waals surface area contributed by atoms with Crippen molar-refractivity contribution >= 4 is 23.4 Å². The van der Waals surface area contributed by atoms with Crippen LogP contribution in [-0.2, 0) is 4.79 Å². The van der Waals surface area contributed by atoms with Gasteiger partial charge < -0.3 is 20.3 Å². The van der Waals surface area contributed by atoms with Crippen LogP contribution in [0.2, 0.25) is 0 Å². The van der Waals surface area contributed by atoms with Crippen molar-refractivity contribution < 1.29 is 32.3 Å². The Kier molecular flexibility index (Phi) is 9.19. The molecule has 4 rings (SSSR count). The average molecular weight is 540 g/mol. The summed E-state index contributed by atoms with van der Waals surface area (Å²) in [5.74, 6) is -2.00. The molecule has 0 saturated carbocycles. The van der Waals surface area contributed by atoms with Gasteiger partial charge in [0.2, 0.25) is 5.91 Å². The Bertz CT molecular complexity index is 1290. The van der Waals surface area contributed by atoms with Gasteiger partial charge >= 0.3 is 6.61 Å². The lowest BCUT2D eigenvalue weighted by atomic mass is 9.89. The van der Waals surface area contributed by atoms with E-state index in [0.29, 0.717) is 37.2 Å². The summed E-state index contributed by atoms with van der Waals surface area (Å²) in [4.78, 5) is 38.6. The third-order valence-electron chi connectivity index (χ3n) is 6.52. The number of carbonyl (C=O) groups is 3. The van der Waals surface area contributed by atoms with Crippen LogP contribution in [0.3, 0.4) is 0 Å². The van der Waals surface area contributed by atoms with Crippen molar-refractivity contribution in [1.82, 2.24) is 10.2 Å². The van der Waals surface area contributed by atoms with E-state index < -0.39 is 18.3 Å². The Morgan fingerprint density at radius 3 is 2.28 bits per heavy atom. The maximum atomic E-state index is 14.3. The molecule has 3 aromatic carbocycles. The number of hydrogen-bond donors (Lipinski definition) is 2. The number of alkyl halides is 2. The van der Waals surface area contributed by atoms with Gasteiger partial charge in [0.1, 0.15) is 11.6 Å². The van der Waals surface area contributed by atoms with Crippen molar-refractivity contribution in [3.63, 3.8) is 0 Å². The summed E-state index contributed by atoms with van der Waals surface area (Å²) in [5, 5.41) is 5.54. The molecule has 1 heterocycles. The molecule has 0 aromatic heterocycles. The summed E-state index contributed by atoms with van der Waals surface area (Å²) >= 11 is 0. The average Bonchev–Trinajstić information content (AvgIpc) is 2.93. The van der Waals surface area contributed by atoms with Gasteiger partial charge in [-0.05, 0) is 60.7 Å². The molecule has 10 heteroatoms. The lowest BCUT2D eigenvalue weighted by Crippen LogP contribution is -2.38. The van der Waals surface area contributed by atoms with Crippen LogP contribution in [0.1, 0.15) is 51.5 Å². The number of likely N-dealkylation sites (tertiary alicyclic amines) is 1. The number of nitrogens with one attached hydrogen (secondary N) is 2. The molecular weight excluding hydrogens is 511 g/mol. The summed E-state index contributed by atoms with van der Waals surface area (Å²) < 4.78 is 43.2. The highest BCUT2D eigenvalue weighted by atomic mass is 19.3. The molecule has 2 N–H and O–H groups in total. The van der Waals surface area contributed by atoms with Gasteiger partial charge in [-0.2, -0.15) is 8.78 Å². The summed E-state index contributed by atoms with van der Waals surface area (Å²) in [7, 11) is 0. The number of hydrogen-bond acceptors (Lipinski definition) is 4. The van der Waals surface area contributed by atoms with E-state index in [0.717, 1.165) is 23.8 Å². The Hall–Kier alpha value is -4.34. The Morgan fingerprint density at radius 1 is 0.949 bits per heavy atom. The van der Waals surface area contributed by atoms with Gasteiger partial charge in [-0.3, -0.25) is 14.4 Å². The Morgan fingerprint density at radius 2 is 1.64 bits per heavy atom. The first-order valence-corrected chi connectivity index (χ1v) is 12.6. The highest BCUT2D eigenvalue weighted by Gasteiger charge is 2.26. The van der Waals surface area contributed by atoms with Gasteiger partial charge in [0.15, 0.2) is 0 Å². The predicted molar refractivity (Wildman–Crippen MR) is 139 cm³/mol. The fraction of sp³-hybridized carbons (Fsp3) is 0.276. The number of rotatable bonds is 9. The van der Waals surface area contributed by atoms with Gasteiger partial charge in [0.05, 0.1) is 5.56 Å². The third kappa shape index (κ3) is 7.59. The molecule has 0 atom stereocenters. The molecule has 1 aliphatic heterocycles. The van der Waals surface area contributed by atoms with Crippen molar-refractivity contribution in [2.24, 2.45) is 0 Å². The largest absolute Gasteiger partial charge is 0.435 e. The number of benzene rings is 3. The summed E-state index contributed by atoms with van der Waals surface area (Å²) in [5.41, 5.74) is 2.05. The molecule has 1 fully saturated rings. The van der Waals surface area contributed by atoms with Crippen molar-refractivity contribution in [3.05, 3.63) is 95.3 Å². The summed E-state index contributed by atoms with van der Waals surface area (Å²) in [6, 6.07) is 19.3. The SMILES string of the molecule is O=C(CCNC(=O)c1ccccc1)Nc1ccc(C2CCN(C(=O)c3ccc(OC(F)F)cc3F)CC2)cc1. The number of amides is 3. The topological polar surface area (TPSA) is 87.7 Å². The lowest BCUT2D eigenvalue weighted by molar-refractivity contribution is -0.116. The summed E-state index contributed by atoms with van der Waals surface area (Å²) in [6.07, 6.45) is 1.48. The second kappa shape index (κ2) is 12.9. The van der Waals surface area contributed by atoms with Crippen LogP contribution >= 0.6 is 0 Å². The van der Waals surface area contributed by atoms with Crippen LogP contribution in [0.5, 0.6) is 5.75 Å². The van der Waals surface area contributed by atoms with Crippen molar-refractivity contribution in [3.8, 4) is 5.75 Å². The maximum absolute atomic E-state index is 14.3. The van der Waals surface area contributed by atoms with Crippen molar-refractivity contribution in [2.45, 2.75) is 31.8 Å². The molecule has 1 aliphatic rings. The first-order valence-electron chi connectivity index (χ1n) is 12.6. The minimum absolute atomic E-state index is 0.134. The minimum Gasteiger partial charge on any atom is -0.435 e. The van der Waals surface area contributed by atoms with Crippen molar-refractivity contribution in [1.29, 1.82) is 0 Å². The van der Waals surface area contributed by atoms with E-state index in [1.165, 1.54) is 0 Å². The van der Waals surface area contributed by atoms with E-state index in [1.54, 1.807) is 29.2 Å². The molecule has 0 unspecified atom stereocenters. The third-order valence-corrected chi connectivity index (χ3v) is 6.52. The Balaban J connectivity index is 1.22. The zero-order valence-electron chi connectivity index (χ0n) is 21.0. The van der Waals surface area contributed by atoms with Crippen LogP contribution in [0.25, 0.3) is 0 Å². The highest BCUT2D eigenvalue weighted by molar-refractivity contribution is 5.95. The molecule has 3 amide bonds. The Labute approximate surface area is 224 Å². The fourth-order valence-corrected chi connectivity index (χ4v) is 4.47. The molecule has 1 saturated heterocycles. The molecule has 3 aromatic rings. The molecule has 0 radical (unpaired) electrons. The summed E-state index contributed by atoms with van der Waals surface area (Å²) in [6.45, 7) is -2.02. The molecule has 0 aliphatic carbocycles. The monoisotopic (exact) mass is 539 g/mol. The van der Waals surface area contributed by atoms with E-state index in [9.17, 15) is 27.6 Å². The standard InChI is InChI=1S/C29H28F3N3O4/c30-25-18-23(39-29(31)32)10-11-24(25)28(38)35-16-13-20(14-17-35)19-6-8-22(9-7-19)34-26(36)12-15-33-27(37)21-4-2-1-3-5-21/h1-11,18,20,29H,12-17H2,(H,33,37)(H,34,36). The van der Waals surface area contributed by atoms with E-state index in [4.69, 9.17) is 0 Å². The van der Waals surface area contributed by atoms with Crippen molar-refractivity contribution in [2.75, 3.05) is 25.0 Å². The van der Waals surface area contributed by atoms with Gasteiger partial charge in [-0.15, -0.1) is 0 Å². The normalized spacial score (nSPS) is 13.7. The number of halogens is 3. The predicted octanol–water partition coefficient (Wildman–Crippen LogP) is 5.21. The molecule has 0 spiro atoms. The second-order valence-electron chi connectivity index (χ2n) is 9.13. The minimum atomic E-state index is -3.07. The van der Waals surface area contributed by atoms with Gasteiger partial charge in [-0.25, -0.2) is 4.39 Å². The number of carbonyl (C=O) groups excluding carboxylic acids is 3. The van der Waals surface area contributed by atoms with Crippen LogP contribution in [0.4, 0.5) is 18.9 Å². The highest BCUT2D eigenvalue weighted by Crippen LogP contribution is 2.30. The number of ether oxygens (including phenoxy) is 1. The van der Waals surface area contributed by atoms with Crippen LogP contribution < -0.4 is 15.4 Å². The van der Waals surface area contributed by atoms with E-state index in [1.807, 2.05) is 30.3 Å². The first kappa shape index (κ1) is 27.7. The van der Waals surface area contributed by atoms with Gasteiger partial charge in [0.25, 0.3) is 11.8 Å². The van der Waals surface area contributed by atoms with Gasteiger partial charge in [-0.1, -0.05) is 30.3 Å². The quantitative estimate of drug-likeness (QED) is 0.391. The molecule has 0 bridgehead atoms. The van der Waals surface area contributed by atoms with Gasteiger partial charge in [0, 0.05) is 43.4 Å². The molecule has 39 heavy (non-hydrogen) atoms. The zero-order valence-corrected chi connectivity index (χ0v) is 21.0. The fourth-order valence-electron chi connectivity index (χ4n) is 4.47.